The lowest BCUT2D eigenvalue weighted by Gasteiger charge is -1.99. The molecule has 0 atom stereocenters. The summed E-state index contributed by atoms with van der Waals surface area (Å²) in [5.74, 6) is 1.15. The first-order valence-corrected chi connectivity index (χ1v) is 8.17. The lowest BCUT2D eigenvalue weighted by atomic mass is 10.1. The number of hydrogen-bond acceptors (Lipinski definition) is 1. The van der Waals surface area contributed by atoms with E-state index in [2.05, 4.69) is 37.9 Å². The summed E-state index contributed by atoms with van der Waals surface area (Å²) in [6.07, 6.45) is 10.6. The molecule has 0 fully saturated rings. The first-order chi connectivity index (χ1) is 9.72. The molecule has 0 unspecified atom stereocenters. The Labute approximate surface area is 123 Å². The molecule has 1 N–H and O–H groups in total. The summed E-state index contributed by atoms with van der Waals surface area (Å²) in [7, 11) is 0. The van der Waals surface area contributed by atoms with Crippen molar-refractivity contribution in [3.05, 3.63) is 29.1 Å². The summed E-state index contributed by atoms with van der Waals surface area (Å²) in [5.41, 5.74) is 4.98. The van der Waals surface area contributed by atoms with Gasteiger partial charge in [-0.15, -0.1) is 0 Å². The third-order valence-corrected chi connectivity index (χ3v) is 4.24. The molecule has 2 rings (SSSR count). The molecule has 2 aromatic rings. The molecule has 0 saturated carbocycles. The van der Waals surface area contributed by atoms with E-state index >= 15 is 0 Å². The van der Waals surface area contributed by atoms with Crippen LogP contribution >= 0.6 is 0 Å². The zero-order valence-electron chi connectivity index (χ0n) is 13.3. The molecule has 1 heterocycles. The molecular formula is C18H28N2. The molecule has 0 aliphatic heterocycles. The molecule has 0 spiro atoms. The van der Waals surface area contributed by atoms with Gasteiger partial charge in [0.25, 0.3) is 0 Å². The fourth-order valence-electron chi connectivity index (χ4n) is 2.73. The zero-order valence-corrected chi connectivity index (χ0v) is 13.3. The standard InChI is InChI=1S/C18H28N2/c1-4-5-6-7-8-9-10-11-17-19-16-13-12-14(2)15(3)18(16)20-17/h12-13H,4-11H2,1-3H3,(H,19,20). The first-order valence-electron chi connectivity index (χ1n) is 8.17. The number of fused-ring (bicyclic) bond motifs is 1. The van der Waals surface area contributed by atoms with Gasteiger partial charge in [-0.3, -0.25) is 0 Å². The van der Waals surface area contributed by atoms with Gasteiger partial charge in [0.1, 0.15) is 5.82 Å². The normalized spacial score (nSPS) is 11.3. The summed E-state index contributed by atoms with van der Waals surface area (Å²) < 4.78 is 0. The summed E-state index contributed by atoms with van der Waals surface area (Å²) in [6.45, 7) is 6.58. The van der Waals surface area contributed by atoms with Crippen LogP contribution in [0.15, 0.2) is 12.1 Å². The molecule has 0 bridgehead atoms. The van der Waals surface area contributed by atoms with Crippen LogP contribution in [0.4, 0.5) is 0 Å². The number of aromatic nitrogens is 2. The Hall–Kier alpha value is -1.31. The molecule has 0 aliphatic rings. The largest absolute Gasteiger partial charge is 0.342 e. The number of H-pyrrole nitrogens is 1. The van der Waals surface area contributed by atoms with E-state index in [-0.39, 0.29) is 0 Å². The van der Waals surface area contributed by atoms with E-state index in [9.17, 15) is 0 Å². The van der Waals surface area contributed by atoms with Crippen molar-refractivity contribution in [2.45, 2.75) is 72.1 Å². The van der Waals surface area contributed by atoms with Gasteiger partial charge in [0.05, 0.1) is 11.0 Å². The van der Waals surface area contributed by atoms with Crippen LogP contribution in [0.5, 0.6) is 0 Å². The van der Waals surface area contributed by atoms with Gasteiger partial charge in [0.15, 0.2) is 0 Å². The first kappa shape index (κ1) is 15.1. The topological polar surface area (TPSA) is 28.7 Å². The number of nitrogens with one attached hydrogen (secondary N) is 1. The average molecular weight is 272 g/mol. The predicted molar refractivity (Wildman–Crippen MR) is 87.3 cm³/mol. The summed E-state index contributed by atoms with van der Waals surface area (Å²) in [5, 5.41) is 0. The molecule has 2 nitrogen and oxygen atoms in total. The Morgan fingerprint density at radius 2 is 1.65 bits per heavy atom. The van der Waals surface area contributed by atoms with Gasteiger partial charge in [-0.1, -0.05) is 51.5 Å². The number of rotatable bonds is 8. The van der Waals surface area contributed by atoms with E-state index in [0.29, 0.717) is 0 Å². The lowest BCUT2D eigenvalue weighted by Crippen LogP contribution is -1.89. The number of benzene rings is 1. The van der Waals surface area contributed by atoms with E-state index in [1.807, 2.05) is 0 Å². The highest BCUT2D eigenvalue weighted by atomic mass is 14.9. The second kappa shape index (κ2) is 7.47. The minimum Gasteiger partial charge on any atom is -0.342 e. The number of imidazole rings is 1. The third-order valence-electron chi connectivity index (χ3n) is 4.24. The van der Waals surface area contributed by atoms with Crippen LogP contribution in [-0.4, -0.2) is 9.97 Å². The van der Waals surface area contributed by atoms with Crippen LogP contribution < -0.4 is 0 Å². The molecule has 0 aliphatic carbocycles. The number of hydrogen-bond donors (Lipinski definition) is 1. The lowest BCUT2D eigenvalue weighted by molar-refractivity contribution is 0.585. The molecule has 0 saturated heterocycles. The fraction of sp³-hybridized carbons (Fsp3) is 0.611. The minimum absolute atomic E-state index is 1.08. The summed E-state index contributed by atoms with van der Waals surface area (Å²) in [6, 6.07) is 4.33. The fourth-order valence-corrected chi connectivity index (χ4v) is 2.73. The molecular weight excluding hydrogens is 244 g/mol. The van der Waals surface area contributed by atoms with Crippen molar-refractivity contribution in [1.82, 2.24) is 9.97 Å². The van der Waals surface area contributed by atoms with Crippen molar-refractivity contribution in [3.63, 3.8) is 0 Å². The minimum atomic E-state index is 1.08. The zero-order chi connectivity index (χ0) is 14.4. The van der Waals surface area contributed by atoms with Crippen LogP contribution in [-0.2, 0) is 6.42 Å². The van der Waals surface area contributed by atoms with Gasteiger partial charge >= 0.3 is 0 Å². The second-order valence-electron chi connectivity index (χ2n) is 5.96. The van der Waals surface area contributed by atoms with Gasteiger partial charge in [-0.05, 0) is 37.5 Å². The Balaban J connectivity index is 1.80. The monoisotopic (exact) mass is 272 g/mol. The third kappa shape index (κ3) is 3.84. The number of unbranched alkanes of at least 4 members (excludes halogenated alkanes) is 6. The molecule has 2 heteroatoms. The maximum Gasteiger partial charge on any atom is 0.107 e. The van der Waals surface area contributed by atoms with Crippen molar-refractivity contribution in [2.24, 2.45) is 0 Å². The van der Waals surface area contributed by atoms with E-state index in [1.165, 1.54) is 61.6 Å². The highest BCUT2D eigenvalue weighted by Crippen LogP contribution is 2.20. The van der Waals surface area contributed by atoms with Crippen molar-refractivity contribution in [1.29, 1.82) is 0 Å². The van der Waals surface area contributed by atoms with Crippen molar-refractivity contribution >= 4 is 11.0 Å². The molecule has 20 heavy (non-hydrogen) atoms. The van der Waals surface area contributed by atoms with Crippen LogP contribution in [0.2, 0.25) is 0 Å². The maximum atomic E-state index is 4.76. The number of aryl methyl sites for hydroxylation is 3. The number of nitrogens with zero attached hydrogens (tertiary/aromatic N) is 1. The van der Waals surface area contributed by atoms with E-state index < -0.39 is 0 Å². The van der Waals surface area contributed by atoms with Crippen molar-refractivity contribution < 1.29 is 0 Å². The van der Waals surface area contributed by atoms with Gasteiger partial charge in [0, 0.05) is 6.42 Å². The van der Waals surface area contributed by atoms with Gasteiger partial charge < -0.3 is 4.98 Å². The van der Waals surface area contributed by atoms with Crippen LogP contribution in [0, 0.1) is 13.8 Å². The maximum absolute atomic E-state index is 4.76. The van der Waals surface area contributed by atoms with Crippen LogP contribution in [0.3, 0.4) is 0 Å². The molecule has 1 aromatic heterocycles. The van der Waals surface area contributed by atoms with E-state index in [0.717, 1.165) is 17.8 Å². The quantitative estimate of drug-likeness (QED) is 0.634. The Bertz CT molecular complexity index is 540. The SMILES string of the molecule is CCCCCCCCCc1nc2c(C)c(C)ccc2[nH]1. The molecule has 110 valence electrons. The van der Waals surface area contributed by atoms with Crippen molar-refractivity contribution in [3.8, 4) is 0 Å². The van der Waals surface area contributed by atoms with E-state index in [1.54, 1.807) is 0 Å². The van der Waals surface area contributed by atoms with Crippen molar-refractivity contribution in [2.75, 3.05) is 0 Å². The highest BCUT2D eigenvalue weighted by Gasteiger charge is 2.06. The molecule has 1 aromatic carbocycles. The Kier molecular flexibility index (Phi) is 5.63. The Morgan fingerprint density at radius 3 is 2.40 bits per heavy atom. The molecule has 0 amide bonds. The Morgan fingerprint density at radius 1 is 0.950 bits per heavy atom. The smallest absolute Gasteiger partial charge is 0.107 e. The predicted octanol–water partition coefficient (Wildman–Crippen LogP) is 5.47. The number of aromatic amines is 1. The van der Waals surface area contributed by atoms with Gasteiger partial charge in [0.2, 0.25) is 0 Å². The average Bonchev–Trinajstić information content (AvgIpc) is 2.86. The van der Waals surface area contributed by atoms with Gasteiger partial charge in [-0.25, -0.2) is 4.98 Å². The second-order valence-corrected chi connectivity index (χ2v) is 5.96. The van der Waals surface area contributed by atoms with Crippen LogP contribution in [0.25, 0.3) is 11.0 Å². The van der Waals surface area contributed by atoms with E-state index in [4.69, 9.17) is 4.98 Å². The highest BCUT2D eigenvalue weighted by molar-refractivity contribution is 5.79. The molecule has 0 radical (unpaired) electrons. The van der Waals surface area contributed by atoms with Gasteiger partial charge in [-0.2, -0.15) is 0 Å². The summed E-state index contributed by atoms with van der Waals surface area (Å²) >= 11 is 0. The van der Waals surface area contributed by atoms with Crippen LogP contribution in [0.1, 0.15) is 68.8 Å². The summed E-state index contributed by atoms with van der Waals surface area (Å²) in [4.78, 5) is 8.23.